The van der Waals surface area contributed by atoms with Crippen molar-refractivity contribution < 1.29 is 24.7 Å². The van der Waals surface area contributed by atoms with Crippen LogP contribution in [0.4, 0.5) is 0 Å². The maximum absolute atomic E-state index is 8.70. The Balaban J connectivity index is 1.57. The highest BCUT2D eigenvalue weighted by molar-refractivity contribution is 5.79. The number of hydrogen-bond donors (Lipinski definition) is 1. The van der Waals surface area contributed by atoms with Gasteiger partial charge in [-0.2, -0.15) is 19.6 Å². The number of aryl methyl sites for hydroxylation is 1. The lowest BCUT2D eigenvalue weighted by Gasteiger charge is -2.27. The Labute approximate surface area is 140 Å². The van der Waals surface area contributed by atoms with Gasteiger partial charge in [0.15, 0.2) is 0 Å². The van der Waals surface area contributed by atoms with E-state index in [1.807, 2.05) is 55.5 Å². The minimum absolute atomic E-state index is 0.0369. The summed E-state index contributed by atoms with van der Waals surface area (Å²) in [6.07, 6.45) is 0.227. The summed E-state index contributed by atoms with van der Waals surface area (Å²) in [6.45, 7) is 2.43. The fourth-order valence-corrected chi connectivity index (χ4v) is 2.15. The molecule has 1 saturated heterocycles. The molecule has 0 aromatic heterocycles. The van der Waals surface area contributed by atoms with Gasteiger partial charge >= 0.3 is 0 Å². The number of nitrogens with zero attached hydrogens (tertiary/aromatic N) is 1. The number of hydrogen-bond acceptors (Lipinski definition) is 6. The van der Waals surface area contributed by atoms with E-state index in [0.717, 1.165) is 22.3 Å². The maximum atomic E-state index is 8.70. The molecule has 0 bridgehead atoms. The van der Waals surface area contributed by atoms with Crippen molar-refractivity contribution in [1.82, 2.24) is 0 Å². The number of aliphatic imine (C=N–C) groups is 1. The highest BCUT2D eigenvalue weighted by Crippen LogP contribution is 2.32. The first-order valence-corrected chi connectivity index (χ1v) is 7.68. The van der Waals surface area contributed by atoms with E-state index >= 15 is 0 Å². The third-order valence-electron chi connectivity index (χ3n) is 3.49. The van der Waals surface area contributed by atoms with E-state index in [-0.39, 0.29) is 6.61 Å². The van der Waals surface area contributed by atoms with Crippen molar-refractivity contribution in [3.8, 4) is 0 Å². The van der Waals surface area contributed by atoms with Gasteiger partial charge < -0.3 is 5.11 Å². The highest BCUT2D eigenvalue weighted by Gasteiger charge is 2.28. The van der Waals surface area contributed by atoms with Crippen LogP contribution >= 0.6 is 0 Å². The molecule has 6 nitrogen and oxygen atoms in total. The van der Waals surface area contributed by atoms with Crippen LogP contribution in [0.2, 0.25) is 0 Å². The van der Waals surface area contributed by atoms with Gasteiger partial charge in [0.1, 0.15) is 0 Å². The summed E-state index contributed by atoms with van der Waals surface area (Å²) in [7, 11) is 0. The van der Waals surface area contributed by atoms with Gasteiger partial charge in [-0.15, -0.1) is 0 Å². The molecule has 0 aliphatic carbocycles. The lowest BCUT2D eigenvalue weighted by molar-refractivity contribution is -0.600. The second kappa shape index (κ2) is 8.14. The van der Waals surface area contributed by atoms with Crippen LogP contribution in [0.15, 0.2) is 53.5 Å². The van der Waals surface area contributed by atoms with E-state index in [2.05, 4.69) is 4.99 Å². The SMILES string of the molecule is Cc1ccc(C2OOC(c3ccc(C=NCCO)cc3)OO2)cc1. The smallest absolute Gasteiger partial charge is 0.249 e. The summed E-state index contributed by atoms with van der Waals surface area (Å²) in [4.78, 5) is 25.2. The zero-order valence-corrected chi connectivity index (χ0v) is 13.3. The predicted molar refractivity (Wildman–Crippen MR) is 87.0 cm³/mol. The zero-order valence-electron chi connectivity index (χ0n) is 13.3. The normalized spacial score (nSPS) is 21.2. The van der Waals surface area contributed by atoms with Crippen LogP contribution in [-0.4, -0.2) is 24.5 Å². The monoisotopic (exact) mass is 329 g/mol. The van der Waals surface area contributed by atoms with Crippen molar-refractivity contribution in [2.45, 2.75) is 19.5 Å². The van der Waals surface area contributed by atoms with Crippen LogP contribution in [0.25, 0.3) is 0 Å². The Morgan fingerprint density at radius 1 is 0.875 bits per heavy atom. The number of rotatable bonds is 5. The Hall–Kier alpha value is -2.09. The summed E-state index contributed by atoms with van der Waals surface area (Å²) in [6, 6.07) is 15.1. The molecular weight excluding hydrogens is 310 g/mol. The van der Waals surface area contributed by atoms with Crippen molar-refractivity contribution in [1.29, 1.82) is 0 Å². The first-order chi connectivity index (χ1) is 11.8. The van der Waals surface area contributed by atoms with Gasteiger partial charge in [0, 0.05) is 17.3 Å². The molecule has 126 valence electrons. The molecule has 0 saturated carbocycles. The van der Waals surface area contributed by atoms with Crippen molar-refractivity contribution in [3.05, 3.63) is 70.8 Å². The summed E-state index contributed by atoms with van der Waals surface area (Å²) < 4.78 is 0. The molecule has 1 aliphatic rings. The topological polar surface area (TPSA) is 69.5 Å². The molecule has 0 radical (unpaired) electrons. The van der Waals surface area contributed by atoms with Crippen LogP contribution < -0.4 is 0 Å². The van der Waals surface area contributed by atoms with Crippen LogP contribution in [0.1, 0.15) is 34.8 Å². The third kappa shape index (κ3) is 4.25. The molecule has 1 N–H and O–H groups in total. The minimum atomic E-state index is -0.755. The summed E-state index contributed by atoms with van der Waals surface area (Å²) >= 11 is 0. The molecule has 24 heavy (non-hydrogen) atoms. The molecule has 2 aromatic carbocycles. The average molecular weight is 329 g/mol. The van der Waals surface area contributed by atoms with Gasteiger partial charge in [-0.05, 0) is 12.5 Å². The van der Waals surface area contributed by atoms with Crippen LogP contribution in [-0.2, 0) is 19.6 Å². The lowest BCUT2D eigenvalue weighted by atomic mass is 10.1. The molecule has 0 spiro atoms. The molecular formula is C18H19NO5. The summed E-state index contributed by atoms with van der Waals surface area (Å²) in [5, 5.41) is 8.70. The molecule has 1 fully saturated rings. The van der Waals surface area contributed by atoms with E-state index in [0.29, 0.717) is 6.54 Å². The zero-order chi connectivity index (χ0) is 16.8. The van der Waals surface area contributed by atoms with Gasteiger partial charge in [0.25, 0.3) is 0 Å². The largest absolute Gasteiger partial charge is 0.394 e. The molecule has 3 rings (SSSR count). The predicted octanol–water partition coefficient (Wildman–Crippen LogP) is 3.01. The van der Waals surface area contributed by atoms with Crippen LogP contribution in [0.3, 0.4) is 0 Å². The number of aliphatic hydroxyl groups excluding tert-OH is 1. The number of benzene rings is 2. The first kappa shape index (κ1) is 16.8. The summed E-state index contributed by atoms with van der Waals surface area (Å²) in [5.41, 5.74) is 3.64. The minimum Gasteiger partial charge on any atom is -0.394 e. The second-order valence-corrected chi connectivity index (χ2v) is 5.38. The standard InChI is InChI=1S/C18H19NO5/c1-13-2-6-15(7-3-13)17-21-23-18(24-22-17)16-8-4-14(5-9-16)12-19-10-11-20/h2-9,12,17-18,20H,10-11H2,1H3. The fraction of sp³-hybridized carbons (Fsp3) is 0.278. The van der Waals surface area contributed by atoms with E-state index in [4.69, 9.17) is 24.7 Å². The van der Waals surface area contributed by atoms with E-state index in [9.17, 15) is 0 Å². The first-order valence-electron chi connectivity index (χ1n) is 7.68. The molecule has 0 atom stereocenters. The molecule has 1 aliphatic heterocycles. The summed E-state index contributed by atoms with van der Waals surface area (Å²) in [5.74, 6) is 0. The van der Waals surface area contributed by atoms with Gasteiger partial charge in [-0.3, -0.25) is 4.99 Å². The number of aliphatic hydroxyl groups is 1. The van der Waals surface area contributed by atoms with Crippen LogP contribution in [0, 0.1) is 6.92 Å². The molecule has 0 amide bonds. The quantitative estimate of drug-likeness (QED) is 0.674. The van der Waals surface area contributed by atoms with Crippen molar-refractivity contribution in [2.75, 3.05) is 13.2 Å². The fourth-order valence-electron chi connectivity index (χ4n) is 2.15. The van der Waals surface area contributed by atoms with Gasteiger partial charge in [-0.25, -0.2) is 0 Å². The Bertz CT molecular complexity index is 661. The van der Waals surface area contributed by atoms with E-state index in [1.165, 1.54) is 0 Å². The third-order valence-corrected chi connectivity index (χ3v) is 3.49. The Kier molecular flexibility index (Phi) is 5.68. The van der Waals surface area contributed by atoms with Gasteiger partial charge in [0.05, 0.1) is 13.2 Å². The molecule has 2 aromatic rings. The van der Waals surface area contributed by atoms with Gasteiger partial charge in [-0.1, -0.05) is 54.1 Å². The average Bonchev–Trinajstić information content (AvgIpc) is 2.63. The Morgan fingerprint density at radius 3 is 1.88 bits per heavy atom. The second-order valence-electron chi connectivity index (χ2n) is 5.38. The Morgan fingerprint density at radius 2 is 1.38 bits per heavy atom. The highest BCUT2D eigenvalue weighted by atomic mass is 17.4. The van der Waals surface area contributed by atoms with Crippen molar-refractivity contribution >= 4 is 6.21 Å². The molecule has 6 heteroatoms. The van der Waals surface area contributed by atoms with Crippen molar-refractivity contribution in [3.63, 3.8) is 0 Å². The van der Waals surface area contributed by atoms with Crippen LogP contribution in [0.5, 0.6) is 0 Å². The van der Waals surface area contributed by atoms with Crippen molar-refractivity contribution in [2.24, 2.45) is 4.99 Å². The molecule has 0 unspecified atom stereocenters. The van der Waals surface area contributed by atoms with Gasteiger partial charge in [0.2, 0.25) is 12.6 Å². The maximum Gasteiger partial charge on any atom is 0.249 e. The van der Waals surface area contributed by atoms with E-state index in [1.54, 1.807) is 6.21 Å². The lowest BCUT2D eigenvalue weighted by Crippen LogP contribution is -2.22. The van der Waals surface area contributed by atoms with E-state index < -0.39 is 12.6 Å². The molecule has 1 heterocycles.